The summed E-state index contributed by atoms with van der Waals surface area (Å²) in [4.78, 5) is 18.9. The number of amides is 1. The molecule has 5 nitrogen and oxygen atoms in total. The average Bonchev–Trinajstić information content (AvgIpc) is 2.73. The molecular weight excluding hydrogens is 371 g/mol. The maximum Gasteiger partial charge on any atom is 0.252 e. The number of methoxy groups -OCH3 is 2. The Morgan fingerprint density at radius 2 is 1.89 bits per heavy atom. The molecule has 0 fully saturated rings. The molecule has 2 unspecified atom stereocenters. The lowest BCUT2D eigenvalue weighted by molar-refractivity contribution is -0.123. The molecule has 6 heteroatoms. The predicted molar refractivity (Wildman–Crippen MR) is 113 cm³/mol. The number of fused-ring (bicyclic) bond motifs is 1. The van der Waals surface area contributed by atoms with Gasteiger partial charge in [0.25, 0.3) is 5.91 Å². The van der Waals surface area contributed by atoms with Crippen LogP contribution in [-0.2, 0) is 4.79 Å². The molecule has 1 aromatic heterocycles. The van der Waals surface area contributed by atoms with E-state index in [1.54, 1.807) is 26.5 Å². The Kier molecular flexibility index (Phi) is 5.01. The van der Waals surface area contributed by atoms with E-state index in [1.807, 2.05) is 48.4 Å². The summed E-state index contributed by atoms with van der Waals surface area (Å²) < 4.78 is 10.7. The van der Waals surface area contributed by atoms with E-state index < -0.39 is 0 Å². The van der Waals surface area contributed by atoms with E-state index in [-0.39, 0.29) is 11.7 Å². The molecule has 0 saturated carbocycles. The number of aryl methyl sites for hydroxylation is 1. The minimum absolute atomic E-state index is 0.0128. The second-order valence-corrected chi connectivity index (χ2v) is 8.01. The van der Waals surface area contributed by atoms with Gasteiger partial charge in [-0.3, -0.25) is 9.78 Å². The molecule has 142 valence electrons. The third-order valence-corrected chi connectivity index (χ3v) is 6.30. The maximum absolute atomic E-state index is 12.8. The zero-order chi connectivity index (χ0) is 19.7. The summed E-state index contributed by atoms with van der Waals surface area (Å²) in [6, 6.07) is 9.75. The smallest absolute Gasteiger partial charge is 0.252 e. The van der Waals surface area contributed by atoms with Crippen LogP contribution in [0.15, 0.2) is 61.0 Å². The molecule has 0 saturated heterocycles. The minimum Gasteiger partial charge on any atom is -0.493 e. The largest absolute Gasteiger partial charge is 0.493 e. The topological polar surface area (TPSA) is 51.7 Å². The van der Waals surface area contributed by atoms with Crippen LogP contribution in [0.3, 0.4) is 0 Å². The summed E-state index contributed by atoms with van der Waals surface area (Å²) in [5.41, 5.74) is 4.02. The molecular formula is C22H21N2O3P. The van der Waals surface area contributed by atoms with Crippen molar-refractivity contribution in [2.24, 2.45) is 0 Å². The molecule has 0 radical (unpaired) electrons. The second-order valence-electron chi connectivity index (χ2n) is 6.59. The van der Waals surface area contributed by atoms with Gasteiger partial charge in [-0.25, -0.2) is 0 Å². The highest BCUT2D eigenvalue weighted by Crippen LogP contribution is 2.46. The molecule has 4 rings (SSSR count). The minimum atomic E-state index is -0.0128. The predicted octanol–water partition coefficient (Wildman–Crippen LogP) is 4.21. The Labute approximate surface area is 166 Å². The number of allylic oxidation sites excluding steroid dienone is 2. The first kappa shape index (κ1) is 18.5. The molecule has 0 bridgehead atoms. The Bertz CT molecular complexity index is 1030. The molecule has 0 aliphatic carbocycles. The number of hydrogen-bond acceptors (Lipinski definition) is 4. The van der Waals surface area contributed by atoms with Gasteiger partial charge in [0.1, 0.15) is 0 Å². The van der Waals surface area contributed by atoms with Crippen LogP contribution >= 0.6 is 8.58 Å². The third-order valence-electron chi connectivity index (χ3n) is 4.79. The number of carbonyl (C=O) groups excluding carboxylic acids is 1. The van der Waals surface area contributed by atoms with E-state index in [9.17, 15) is 4.79 Å². The van der Waals surface area contributed by atoms with Crippen molar-refractivity contribution in [2.75, 3.05) is 14.2 Å². The number of aromatic nitrogens is 1. The number of rotatable bonds is 4. The van der Waals surface area contributed by atoms with E-state index in [2.05, 4.69) is 17.1 Å². The molecule has 1 amide bonds. The number of hydrogen-bond donors (Lipinski definition) is 0. The lowest BCUT2D eigenvalue weighted by Gasteiger charge is -2.34. The van der Waals surface area contributed by atoms with Crippen molar-refractivity contribution >= 4 is 25.4 Å². The summed E-state index contributed by atoms with van der Waals surface area (Å²) in [7, 11) is 3.68. The first-order valence-electron chi connectivity index (χ1n) is 8.95. The molecule has 1 aromatic carbocycles. The Hall–Kier alpha value is -2.91. The summed E-state index contributed by atoms with van der Waals surface area (Å²) in [5.74, 6) is 1.36. The Morgan fingerprint density at radius 1 is 1.07 bits per heavy atom. The highest BCUT2D eigenvalue weighted by Gasteiger charge is 2.29. The van der Waals surface area contributed by atoms with E-state index in [0.29, 0.717) is 20.1 Å². The van der Waals surface area contributed by atoms with Crippen molar-refractivity contribution in [2.45, 2.75) is 12.7 Å². The van der Waals surface area contributed by atoms with Crippen molar-refractivity contribution in [3.63, 3.8) is 0 Å². The van der Waals surface area contributed by atoms with Crippen LogP contribution in [0, 0.1) is 6.92 Å². The van der Waals surface area contributed by atoms with Gasteiger partial charge in [0, 0.05) is 24.2 Å². The SMILES string of the molecule is COc1ccc(C2=CC(=O)N3C=C(c4ccnc(C)c4)C=CC3P2)cc1OC. The van der Waals surface area contributed by atoms with Crippen LogP contribution in [0.4, 0.5) is 0 Å². The molecule has 28 heavy (non-hydrogen) atoms. The summed E-state index contributed by atoms with van der Waals surface area (Å²) in [5, 5.41) is 1.02. The first-order valence-corrected chi connectivity index (χ1v) is 10.0. The summed E-state index contributed by atoms with van der Waals surface area (Å²) >= 11 is 0. The van der Waals surface area contributed by atoms with Gasteiger partial charge in [0.2, 0.25) is 0 Å². The van der Waals surface area contributed by atoms with E-state index >= 15 is 0 Å². The lowest BCUT2D eigenvalue weighted by atomic mass is 10.0. The molecule has 3 heterocycles. The second kappa shape index (κ2) is 7.61. The maximum atomic E-state index is 12.8. The van der Waals surface area contributed by atoms with Gasteiger partial charge in [-0.1, -0.05) is 26.8 Å². The fourth-order valence-corrected chi connectivity index (χ4v) is 4.73. The van der Waals surface area contributed by atoms with Crippen molar-refractivity contribution in [1.82, 2.24) is 9.88 Å². The number of benzene rings is 1. The van der Waals surface area contributed by atoms with Crippen LogP contribution in [-0.4, -0.2) is 35.8 Å². The molecule has 2 aromatic rings. The van der Waals surface area contributed by atoms with Crippen molar-refractivity contribution in [1.29, 1.82) is 0 Å². The van der Waals surface area contributed by atoms with Crippen molar-refractivity contribution in [3.05, 3.63) is 77.8 Å². The molecule has 0 spiro atoms. The van der Waals surface area contributed by atoms with Crippen LogP contribution in [0.25, 0.3) is 10.9 Å². The van der Waals surface area contributed by atoms with Crippen molar-refractivity contribution < 1.29 is 14.3 Å². The third kappa shape index (κ3) is 3.46. The molecule has 2 aliphatic heterocycles. The summed E-state index contributed by atoms with van der Waals surface area (Å²) in [6.45, 7) is 1.96. The van der Waals surface area contributed by atoms with Gasteiger partial charge < -0.3 is 14.4 Å². The van der Waals surface area contributed by atoms with Gasteiger partial charge in [-0.15, -0.1) is 0 Å². The number of pyridine rings is 1. The van der Waals surface area contributed by atoms with Gasteiger partial charge in [-0.05, 0) is 53.2 Å². The first-order chi connectivity index (χ1) is 13.6. The van der Waals surface area contributed by atoms with Gasteiger partial charge >= 0.3 is 0 Å². The zero-order valence-electron chi connectivity index (χ0n) is 16.0. The number of carbonyl (C=O) groups is 1. The molecule has 2 atom stereocenters. The lowest BCUT2D eigenvalue weighted by Crippen LogP contribution is -2.35. The fraction of sp³-hybridized carbons (Fsp3) is 0.182. The zero-order valence-corrected chi connectivity index (χ0v) is 17.0. The van der Waals surface area contributed by atoms with E-state index in [4.69, 9.17) is 9.47 Å². The van der Waals surface area contributed by atoms with Crippen LogP contribution in [0.1, 0.15) is 16.8 Å². The van der Waals surface area contributed by atoms with E-state index in [0.717, 1.165) is 27.7 Å². The Balaban J connectivity index is 1.64. The van der Waals surface area contributed by atoms with Gasteiger partial charge in [-0.2, -0.15) is 0 Å². The monoisotopic (exact) mass is 392 g/mol. The highest BCUT2D eigenvalue weighted by molar-refractivity contribution is 7.51. The van der Waals surface area contributed by atoms with E-state index in [1.165, 1.54) is 0 Å². The van der Waals surface area contributed by atoms with Gasteiger partial charge in [0.15, 0.2) is 11.5 Å². The fourth-order valence-electron chi connectivity index (χ4n) is 3.34. The summed E-state index contributed by atoms with van der Waals surface area (Å²) in [6.07, 6.45) is 9.65. The van der Waals surface area contributed by atoms with Gasteiger partial charge in [0.05, 0.1) is 20.0 Å². The standard InChI is InChI=1S/C22H21N2O3P/c1-14-10-15(8-9-23-14)17-5-7-22-24(13-17)21(25)12-20(28-22)16-4-6-18(26-2)19(11-16)27-3/h4-13,22,28H,1-3H3. The Morgan fingerprint density at radius 3 is 2.64 bits per heavy atom. The quantitative estimate of drug-likeness (QED) is 0.732. The van der Waals surface area contributed by atoms with Crippen LogP contribution in [0.2, 0.25) is 0 Å². The average molecular weight is 392 g/mol. The van der Waals surface area contributed by atoms with Crippen molar-refractivity contribution in [3.8, 4) is 11.5 Å². The van der Waals surface area contributed by atoms with Crippen LogP contribution in [0.5, 0.6) is 11.5 Å². The number of nitrogens with zero attached hydrogens (tertiary/aromatic N) is 2. The highest BCUT2D eigenvalue weighted by atomic mass is 31.1. The molecule has 0 N–H and O–H groups in total. The van der Waals surface area contributed by atoms with Crippen LogP contribution < -0.4 is 9.47 Å². The normalized spacial score (nSPS) is 19.2. The number of ether oxygens (including phenoxy) is 2. The molecule has 2 aliphatic rings.